The molecule has 0 N–H and O–H groups in total. The van der Waals surface area contributed by atoms with Gasteiger partial charge in [-0.1, -0.05) is 24.4 Å². The number of imide groups is 1. The molecule has 1 aliphatic heterocycles. The maximum absolute atomic E-state index is 12.6. The Morgan fingerprint density at radius 3 is 2.67 bits per heavy atom. The summed E-state index contributed by atoms with van der Waals surface area (Å²) in [6.07, 6.45) is 4.29. The van der Waals surface area contributed by atoms with Crippen LogP contribution in [-0.4, -0.2) is 35.3 Å². The monoisotopic (exact) mass is 326 g/mol. The summed E-state index contributed by atoms with van der Waals surface area (Å²) in [6.45, 7) is 1.07. The average Bonchev–Trinajstić information content (AvgIpc) is 3.09. The summed E-state index contributed by atoms with van der Waals surface area (Å²) in [5, 5.41) is 0. The molecule has 1 aliphatic carbocycles. The zero-order valence-electron chi connectivity index (χ0n) is 12.1. The van der Waals surface area contributed by atoms with Crippen LogP contribution in [0.2, 0.25) is 4.34 Å². The summed E-state index contributed by atoms with van der Waals surface area (Å²) in [5.41, 5.74) is -0.371. The number of thiophene rings is 1. The van der Waals surface area contributed by atoms with Crippen molar-refractivity contribution in [3.8, 4) is 0 Å². The molecule has 21 heavy (non-hydrogen) atoms. The van der Waals surface area contributed by atoms with E-state index in [4.69, 9.17) is 11.6 Å². The number of likely N-dealkylation sites (tertiary alicyclic amines) is 1. The third kappa shape index (κ3) is 2.87. The van der Waals surface area contributed by atoms with Crippen molar-refractivity contribution in [3.63, 3.8) is 0 Å². The predicted octanol–water partition coefficient (Wildman–Crippen LogP) is 3.11. The van der Waals surface area contributed by atoms with Gasteiger partial charge in [0.25, 0.3) is 0 Å². The van der Waals surface area contributed by atoms with Crippen LogP contribution < -0.4 is 0 Å². The molecular formula is C15H19ClN2O2S. The molecule has 2 aliphatic rings. The summed E-state index contributed by atoms with van der Waals surface area (Å²) in [7, 11) is 1.92. The fraction of sp³-hybridized carbons (Fsp3) is 0.600. The molecule has 2 amide bonds. The molecule has 0 bridgehead atoms. The second-order valence-corrected chi connectivity index (χ2v) is 7.95. The third-order valence-electron chi connectivity index (χ3n) is 4.49. The molecule has 0 radical (unpaired) electrons. The first-order valence-electron chi connectivity index (χ1n) is 7.28. The van der Waals surface area contributed by atoms with E-state index in [0.717, 1.165) is 34.9 Å². The lowest BCUT2D eigenvalue weighted by molar-refractivity contribution is -0.143. The van der Waals surface area contributed by atoms with Crippen molar-refractivity contribution in [2.75, 3.05) is 13.7 Å². The third-order valence-corrected chi connectivity index (χ3v) is 5.70. The highest BCUT2D eigenvalue weighted by atomic mass is 35.5. The molecule has 2 fully saturated rings. The SMILES string of the molecule is CN(Cc1ccc(Cl)s1)CN1C(=O)CC2(CCCC2)C1=O. The Hall–Kier alpha value is -0.910. The van der Waals surface area contributed by atoms with Crippen LogP contribution in [0.25, 0.3) is 0 Å². The molecular weight excluding hydrogens is 308 g/mol. The van der Waals surface area contributed by atoms with Crippen LogP contribution in [0.3, 0.4) is 0 Å². The minimum absolute atomic E-state index is 0.0158. The number of hydrogen-bond acceptors (Lipinski definition) is 4. The topological polar surface area (TPSA) is 40.6 Å². The van der Waals surface area contributed by atoms with Gasteiger partial charge in [-0.2, -0.15) is 0 Å². The van der Waals surface area contributed by atoms with Crippen molar-refractivity contribution in [2.24, 2.45) is 5.41 Å². The van der Waals surface area contributed by atoms with Gasteiger partial charge in [-0.15, -0.1) is 11.3 Å². The van der Waals surface area contributed by atoms with Gasteiger partial charge in [0.1, 0.15) is 0 Å². The van der Waals surface area contributed by atoms with E-state index in [-0.39, 0.29) is 17.2 Å². The molecule has 114 valence electrons. The van der Waals surface area contributed by atoms with E-state index in [0.29, 0.717) is 19.6 Å². The lowest BCUT2D eigenvalue weighted by atomic mass is 9.85. The van der Waals surface area contributed by atoms with Crippen LogP contribution in [0.15, 0.2) is 12.1 Å². The standard InChI is InChI=1S/C15H19ClN2O2S/c1-17(9-11-4-5-12(16)21-11)10-18-13(19)8-15(14(18)20)6-2-3-7-15/h4-5H,2-3,6-10H2,1H3. The van der Waals surface area contributed by atoms with E-state index in [1.165, 1.54) is 16.2 Å². The van der Waals surface area contributed by atoms with Gasteiger partial charge in [-0.25, -0.2) is 0 Å². The van der Waals surface area contributed by atoms with E-state index < -0.39 is 0 Å². The minimum atomic E-state index is -0.371. The summed E-state index contributed by atoms with van der Waals surface area (Å²) >= 11 is 7.45. The molecule has 0 unspecified atom stereocenters. The van der Waals surface area contributed by atoms with Gasteiger partial charge >= 0.3 is 0 Å². The fourth-order valence-corrected chi connectivity index (χ4v) is 4.61. The second kappa shape index (κ2) is 5.71. The van der Waals surface area contributed by atoms with Crippen molar-refractivity contribution in [2.45, 2.75) is 38.6 Å². The highest BCUT2D eigenvalue weighted by Gasteiger charge is 2.52. The van der Waals surface area contributed by atoms with E-state index in [1.807, 2.05) is 24.1 Å². The van der Waals surface area contributed by atoms with Gasteiger partial charge in [-0.05, 0) is 32.0 Å². The fourth-order valence-electron chi connectivity index (χ4n) is 3.44. The normalized spacial score (nSPS) is 21.2. The van der Waals surface area contributed by atoms with Crippen LogP contribution in [-0.2, 0) is 16.1 Å². The quantitative estimate of drug-likeness (QED) is 0.798. The first-order valence-corrected chi connectivity index (χ1v) is 8.47. The number of rotatable bonds is 4. The number of carbonyl (C=O) groups is 2. The van der Waals surface area contributed by atoms with Crippen molar-refractivity contribution in [1.29, 1.82) is 0 Å². The van der Waals surface area contributed by atoms with Gasteiger partial charge in [0, 0.05) is 17.8 Å². The van der Waals surface area contributed by atoms with Crippen LogP contribution in [0.5, 0.6) is 0 Å². The average molecular weight is 327 g/mol. The molecule has 0 aromatic carbocycles. The summed E-state index contributed by atoms with van der Waals surface area (Å²) in [4.78, 5) is 29.4. The molecule has 0 atom stereocenters. The lowest BCUT2D eigenvalue weighted by Crippen LogP contribution is -2.41. The van der Waals surface area contributed by atoms with Crippen LogP contribution in [0.1, 0.15) is 37.0 Å². The zero-order chi connectivity index (χ0) is 15.0. The number of carbonyl (C=O) groups excluding carboxylic acids is 2. The number of halogens is 1. The van der Waals surface area contributed by atoms with Crippen molar-refractivity contribution >= 4 is 34.8 Å². The molecule has 1 saturated heterocycles. The van der Waals surface area contributed by atoms with Crippen molar-refractivity contribution in [3.05, 3.63) is 21.3 Å². The van der Waals surface area contributed by atoms with Gasteiger partial charge in [0.05, 0.1) is 16.4 Å². The van der Waals surface area contributed by atoms with Gasteiger partial charge in [-0.3, -0.25) is 19.4 Å². The molecule has 1 spiro atoms. The van der Waals surface area contributed by atoms with E-state index in [1.54, 1.807) is 0 Å². The maximum Gasteiger partial charge on any atom is 0.237 e. The van der Waals surface area contributed by atoms with E-state index >= 15 is 0 Å². The summed E-state index contributed by atoms with van der Waals surface area (Å²) in [5.74, 6) is 0.0269. The predicted molar refractivity (Wildman–Crippen MR) is 83.0 cm³/mol. The molecule has 6 heteroatoms. The summed E-state index contributed by atoms with van der Waals surface area (Å²) in [6, 6.07) is 3.85. The Kier molecular flexibility index (Phi) is 4.08. The van der Waals surface area contributed by atoms with E-state index in [2.05, 4.69) is 0 Å². The Labute approximate surface area is 133 Å². The minimum Gasteiger partial charge on any atom is -0.284 e. The van der Waals surface area contributed by atoms with Crippen LogP contribution in [0.4, 0.5) is 0 Å². The van der Waals surface area contributed by atoms with Crippen LogP contribution in [0, 0.1) is 5.41 Å². The Morgan fingerprint density at radius 2 is 2.05 bits per heavy atom. The van der Waals surface area contributed by atoms with Crippen molar-refractivity contribution < 1.29 is 9.59 Å². The van der Waals surface area contributed by atoms with Gasteiger partial charge in [0.15, 0.2) is 0 Å². The number of nitrogens with zero attached hydrogens (tertiary/aromatic N) is 2. The van der Waals surface area contributed by atoms with E-state index in [9.17, 15) is 9.59 Å². The Bertz CT molecular complexity index is 566. The first kappa shape index (κ1) is 15.0. The molecule has 2 heterocycles. The number of amides is 2. The van der Waals surface area contributed by atoms with Crippen molar-refractivity contribution in [1.82, 2.24) is 9.80 Å². The Morgan fingerprint density at radius 1 is 1.33 bits per heavy atom. The number of hydrogen-bond donors (Lipinski definition) is 0. The summed E-state index contributed by atoms with van der Waals surface area (Å²) < 4.78 is 0.761. The largest absolute Gasteiger partial charge is 0.284 e. The first-order chi connectivity index (χ1) is 10.00. The molecule has 1 aromatic heterocycles. The van der Waals surface area contributed by atoms with Gasteiger partial charge < -0.3 is 0 Å². The smallest absolute Gasteiger partial charge is 0.237 e. The van der Waals surface area contributed by atoms with Crippen LogP contribution >= 0.6 is 22.9 Å². The highest BCUT2D eigenvalue weighted by Crippen LogP contribution is 2.46. The lowest BCUT2D eigenvalue weighted by Gasteiger charge is -2.25. The Balaban J connectivity index is 1.64. The molecule has 4 nitrogen and oxygen atoms in total. The maximum atomic E-state index is 12.6. The highest BCUT2D eigenvalue weighted by molar-refractivity contribution is 7.16. The second-order valence-electron chi connectivity index (χ2n) is 6.15. The molecule has 1 saturated carbocycles. The van der Waals surface area contributed by atoms with Gasteiger partial charge in [0.2, 0.25) is 11.8 Å². The zero-order valence-corrected chi connectivity index (χ0v) is 13.7. The molecule has 1 aromatic rings. The molecule has 3 rings (SSSR count).